The van der Waals surface area contributed by atoms with Crippen LogP contribution in [-0.4, -0.2) is 62.0 Å². The van der Waals surface area contributed by atoms with Gasteiger partial charge in [0.25, 0.3) is 0 Å². The van der Waals surface area contributed by atoms with Gasteiger partial charge >= 0.3 is 5.96 Å². The summed E-state index contributed by atoms with van der Waals surface area (Å²) in [5, 5.41) is 10.7. The Bertz CT molecular complexity index is 761. The molecule has 154 valence electrons. The quantitative estimate of drug-likeness (QED) is 0.571. The first kappa shape index (κ1) is 20.9. The largest absolute Gasteiger partial charge is 0.495 e. The number of aliphatic imine (C=N–C) groups is 2. The van der Waals surface area contributed by atoms with Crippen molar-refractivity contribution in [1.29, 1.82) is 0 Å². The molecule has 9 heteroatoms. The van der Waals surface area contributed by atoms with Gasteiger partial charge in [-0.25, -0.2) is 4.48 Å². The Hall–Kier alpha value is -1.87. The van der Waals surface area contributed by atoms with Crippen LogP contribution in [0, 0.1) is 0 Å². The third-order valence-corrected chi connectivity index (χ3v) is 5.66. The van der Waals surface area contributed by atoms with Crippen molar-refractivity contribution in [3.05, 3.63) is 23.2 Å². The SMILES string of the molecule is COc1ccc(NC2=NC(N)[N+](C)(C3CCNCC3)C(NC(C)C)=N2)cc1Cl. The van der Waals surface area contributed by atoms with Crippen LogP contribution in [0.15, 0.2) is 28.2 Å². The van der Waals surface area contributed by atoms with Crippen LogP contribution in [0.2, 0.25) is 5.02 Å². The van der Waals surface area contributed by atoms with Gasteiger partial charge in [0, 0.05) is 37.7 Å². The number of methoxy groups -OCH3 is 1. The van der Waals surface area contributed by atoms with Crippen LogP contribution in [0.1, 0.15) is 26.7 Å². The normalized spacial score (nSPS) is 25.9. The molecule has 2 unspecified atom stereocenters. The van der Waals surface area contributed by atoms with Gasteiger partial charge in [0.1, 0.15) is 11.8 Å². The molecule has 1 fully saturated rings. The van der Waals surface area contributed by atoms with E-state index in [2.05, 4.69) is 41.8 Å². The number of halogens is 1. The van der Waals surface area contributed by atoms with Gasteiger partial charge in [-0.3, -0.25) is 5.73 Å². The zero-order valence-electron chi connectivity index (χ0n) is 17.0. The number of nitrogens with one attached hydrogen (secondary N) is 3. The van der Waals surface area contributed by atoms with Crippen LogP contribution >= 0.6 is 11.6 Å². The van der Waals surface area contributed by atoms with Gasteiger partial charge < -0.3 is 20.7 Å². The van der Waals surface area contributed by atoms with Crippen LogP contribution in [0.5, 0.6) is 5.75 Å². The minimum Gasteiger partial charge on any atom is -0.495 e. The fraction of sp³-hybridized carbons (Fsp3) is 0.579. The number of anilines is 1. The maximum absolute atomic E-state index is 6.59. The van der Waals surface area contributed by atoms with E-state index in [1.807, 2.05) is 6.07 Å². The van der Waals surface area contributed by atoms with Crippen molar-refractivity contribution < 1.29 is 9.22 Å². The lowest BCUT2D eigenvalue weighted by Crippen LogP contribution is -2.71. The number of nitrogens with two attached hydrogens (primary N) is 1. The van der Waals surface area contributed by atoms with Crippen LogP contribution in [0.3, 0.4) is 0 Å². The van der Waals surface area contributed by atoms with E-state index in [4.69, 9.17) is 27.1 Å². The topological polar surface area (TPSA) is 96.1 Å². The first-order chi connectivity index (χ1) is 13.3. The molecular formula is C19H31ClN7O+. The molecule has 0 aromatic heterocycles. The minimum absolute atomic E-state index is 0.236. The number of rotatable bonds is 4. The van der Waals surface area contributed by atoms with E-state index in [-0.39, 0.29) is 6.04 Å². The van der Waals surface area contributed by atoms with Gasteiger partial charge in [0.2, 0.25) is 12.2 Å². The monoisotopic (exact) mass is 408 g/mol. The van der Waals surface area contributed by atoms with Crippen molar-refractivity contribution in [2.75, 3.05) is 32.6 Å². The summed E-state index contributed by atoms with van der Waals surface area (Å²) in [4.78, 5) is 9.48. The Balaban J connectivity index is 1.88. The smallest absolute Gasteiger partial charge is 0.308 e. The van der Waals surface area contributed by atoms with Crippen molar-refractivity contribution >= 4 is 29.2 Å². The molecular weight excluding hydrogens is 378 g/mol. The fourth-order valence-corrected chi connectivity index (χ4v) is 3.96. The molecule has 2 aliphatic heterocycles. The van der Waals surface area contributed by atoms with Crippen molar-refractivity contribution in [3.63, 3.8) is 0 Å². The number of ether oxygens (including phenoxy) is 1. The molecule has 2 heterocycles. The average molecular weight is 409 g/mol. The molecule has 1 saturated heterocycles. The molecule has 0 bridgehead atoms. The van der Waals surface area contributed by atoms with Crippen molar-refractivity contribution in [2.24, 2.45) is 15.7 Å². The molecule has 1 aromatic rings. The summed E-state index contributed by atoms with van der Waals surface area (Å²) < 4.78 is 5.69. The summed E-state index contributed by atoms with van der Waals surface area (Å²) in [6.07, 6.45) is 1.63. The number of hydrogen-bond acceptors (Lipinski definition) is 7. The van der Waals surface area contributed by atoms with Gasteiger partial charge in [0.15, 0.2) is 0 Å². The molecule has 0 aliphatic carbocycles. The highest BCUT2D eigenvalue weighted by Crippen LogP contribution is 2.29. The second-order valence-corrected chi connectivity index (χ2v) is 8.11. The maximum atomic E-state index is 6.59. The number of nitrogens with zero attached hydrogens (tertiary/aromatic N) is 3. The van der Waals surface area contributed by atoms with Crippen LogP contribution in [-0.2, 0) is 0 Å². The first-order valence-electron chi connectivity index (χ1n) is 9.71. The number of piperidine rings is 1. The van der Waals surface area contributed by atoms with E-state index in [0.29, 0.717) is 27.3 Å². The van der Waals surface area contributed by atoms with Gasteiger partial charge in [0.05, 0.1) is 19.2 Å². The summed E-state index contributed by atoms with van der Waals surface area (Å²) in [5.41, 5.74) is 7.37. The third kappa shape index (κ3) is 4.25. The predicted molar refractivity (Wildman–Crippen MR) is 115 cm³/mol. The van der Waals surface area contributed by atoms with E-state index < -0.39 is 6.29 Å². The molecule has 2 atom stereocenters. The molecule has 1 aromatic carbocycles. The second kappa shape index (κ2) is 8.65. The van der Waals surface area contributed by atoms with Gasteiger partial charge in [-0.1, -0.05) is 11.6 Å². The lowest BCUT2D eigenvalue weighted by atomic mass is 10.0. The highest BCUT2D eigenvalue weighted by Gasteiger charge is 2.47. The summed E-state index contributed by atoms with van der Waals surface area (Å²) in [5.74, 6) is 1.93. The van der Waals surface area contributed by atoms with E-state index >= 15 is 0 Å². The molecule has 8 nitrogen and oxygen atoms in total. The van der Waals surface area contributed by atoms with Crippen molar-refractivity contribution in [3.8, 4) is 5.75 Å². The van der Waals surface area contributed by atoms with E-state index in [0.717, 1.165) is 37.6 Å². The molecule has 0 radical (unpaired) electrons. The summed E-state index contributed by atoms with van der Waals surface area (Å²) in [7, 11) is 3.71. The minimum atomic E-state index is -0.446. The second-order valence-electron chi connectivity index (χ2n) is 7.70. The van der Waals surface area contributed by atoms with E-state index in [1.165, 1.54) is 0 Å². The Morgan fingerprint density at radius 2 is 2.04 bits per heavy atom. The maximum Gasteiger partial charge on any atom is 0.308 e. The summed E-state index contributed by atoms with van der Waals surface area (Å²) in [6.45, 7) is 6.17. The van der Waals surface area contributed by atoms with E-state index in [1.54, 1.807) is 19.2 Å². The Kier molecular flexibility index (Phi) is 6.44. The average Bonchev–Trinajstić information content (AvgIpc) is 2.66. The highest BCUT2D eigenvalue weighted by molar-refractivity contribution is 6.32. The molecule has 0 amide bonds. The molecule has 3 rings (SSSR count). The lowest BCUT2D eigenvalue weighted by Gasteiger charge is -2.46. The standard InChI is InChI=1S/C19H31ClN7O/c1-12(2)23-19-26-18(24-13-5-6-16(28-4)15(20)11-13)25-17(21)27(19,3)14-7-9-22-10-8-14/h5-6,11-12,14,17,22H,7-10,21H2,1-4H3,(H2,23,24,25,26)/q+1. The first-order valence-corrected chi connectivity index (χ1v) is 10.1. The summed E-state index contributed by atoms with van der Waals surface area (Å²) in [6, 6.07) is 6.07. The fourth-order valence-electron chi connectivity index (χ4n) is 3.70. The molecule has 0 saturated carbocycles. The zero-order chi connectivity index (χ0) is 20.3. The van der Waals surface area contributed by atoms with Crippen LogP contribution in [0.4, 0.5) is 5.69 Å². The van der Waals surface area contributed by atoms with Crippen molar-refractivity contribution in [1.82, 2.24) is 10.6 Å². The Morgan fingerprint density at radius 3 is 2.64 bits per heavy atom. The predicted octanol–water partition coefficient (Wildman–Crippen LogP) is 1.92. The Morgan fingerprint density at radius 1 is 1.32 bits per heavy atom. The summed E-state index contributed by atoms with van der Waals surface area (Å²) >= 11 is 6.23. The number of hydrogen-bond donors (Lipinski definition) is 4. The number of guanidine groups is 2. The van der Waals surface area contributed by atoms with Gasteiger partial charge in [-0.05, 0) is 32.0 Å². The van der Waals surface area contributed by atoms with E-state index in [9.17, 15) is 0 Å². The number of quaternary nitrogens is 1. The number of benzene rings is 1. The highest BCUT2D eigenvalue weighted by atomic mass is 35.5. The zero-order valence-corrected chi connectivity index (χ0v) is 17.8. The molecule has 2 aliphatic rings. The van der Waals surface area contributed by atoms with Gasteiger partial charge in [-0.15, -0.1) is 4.99 Å². The Labute approximate surface area is 171 Å². The molecule has 0 spiro atoms. The van der Waals surface area contributed by atoms with Crippen LogP contribution < -0.4 is 26.4 Å². The van der Waals surface area contributed by atoms with Crippen LogP contribution in [0.25, 0.3) is 0 Å². The van der Waals surface area contributed by atoms with Gasteiger partial charge in [-0.2, -0.15) is 4.99 Å². The molecule has 5 N–H and O–H groups in total. The molecule has 28 heavy (non-hydrogen) atoms. The van der Waals surface area contributed by atoms with Crippen molar-refractivity contribution in [2.45, 2.75) is 45.1 Å². The lowest BCUT2D eigenvalue weighted by molar-refractivity contribution is -0.876. The third-order valence-electron chi connectivity index (χ3n) is 5.37.